The van der Waals surface area contributed by atoms with Crippen molar-refractivity contribution >= 4 is 16.8 Å². The van der Waals surface area contributed by atoms with E-state index < -0.39 is 5.79 Å². The number of furan rings is 1. The van der Waals surface area contributed by atoms with Gasteiger partial charge in [0.15, 0.2) is 11.4 Å². The Kier molecular flexibility index (Phi) is 3.52. The Morgan fingerprint density at radius 3 is 2.79 bits per heavy atom. The molecule has 2 fully saturated rings. The van der Waals surface area contributed by atoms with Gasteiger partial charge in [0.05, 0.1) is 19.4 Å². The second-order valence-corrected chi connectivity index (χ2v) is 7.34. The van der Waals surface area contributed by atoms with Gasteiger partial charge in [-0.1, -0.05) is 13.8 Å². The summed E-state index contributed by atoms with van der Waals surface area (Å²) < 4.78 is 17.1. The number of aromatic nitrogens is 1. The fraction of sp³-hybridized carbons (Fsp3) is 0.556. The van der Waals surface area contributed by atoms with Crippen LogP contribution in [0.3, 0.4) is 0 Å². The van der Waals surface area contributed by atoms with Crippen molar-refractivity contribution in [2.24, 2.45) is 5.41 Å². The minimum Gasteiger partial charge on any atom is -0.444 e. The molecular formula is C18H21N3O3. The molecule has 24 heavy (non-hydrogen) atoms. The quantitative estimate of drug-likeness (QED) is 0.910. The van der Waals surface area contributed by atoms with Gasteiger partial charge in [-0.25, -0.2) is 4.98 Å². The SMILES string of the molecule is CC1(C)CC2(CCC1Nc1cc3cc(C#N)oc3cn1)OCCO2. The van der Waals surface area contributed by atoms with Gasteiger partial charge in [0.25, 0.3) is 0 Å². The molecule has 1 aliphatic heterocycles. The van der Waals surface area contributed by atoms with Gasteiger partial charge in [-0.05, 0) is 17.9 Å². The summed E-state index contributed by atoms with van der Waals surface area (Å²) in [7, 11) is 0. The Labute approximate surface area is 140 Å². The maximum Gasteiger partial charge on any atom is 0.204 e. The van der Waals surface area contributed by atoms with E-state index in [9.17, 15) is 0 Å². The van der Waals surface area contributed by atoms with E-state index in [0.717, 1.165) is 30.5 Å². The summed E-state index contributed by atoms with van der Waals surface area (Å²) in [6.07, 6.45) is 4.38. The first-order valence-electron chi connectivity index (χ1n) is 8.34. The zero-order chi connectivity index (χ0) is 16.8. The van der Waals surface area contributed by atoms with Gasteiger partial charge in [-0.2, -0.15) is 5.26 Å². The molecular weight excluding hydrogens is 306 g/mol. The maximum absolute atomic E-state index is 8.94. The highest BCUT2D eigenvalue weighted by Crippen LogP contribution is 2.46. The molecule has 0 amide bonds. The average Bonchev–Trinajstić information content (AvgIpc) is 3.16. The van der Waals surface area contributed by atoms with E-state index in [4.69, 9.17) is 19.2 Å². The van der Waals surface area contributed by atoms with Crippen LogP contribution in [-0.2, 0) is 9.47 Å². The zero-order valence-corrected chi connectivity index (χ0v) is 14.0. The van der Waals surface area contributed by atoms with Crippen LogP contribution in [0.4, 0.5) is 5.82 Å². The van der Waals surface area contributed by atoms with Crippen LogP contribution in [0.2, 0.25) is 0 Å². The molecule has 2 aromatic heterocycles. The molecule has 1 atom stereocenters. The van der Waals surface area contributed by atoms with Crippen molar-refractivity contribution in [1.29, 1.82) is 5.26 Å². The normalized spacial score (nSPS) is 25.0. The molecule has 1 saturated heterocycles. The Balaban J connectivity index is 1.53. The van der Waals surface area contributed by atoms with Crippen molar-refractivity contribution in [2.45, 2.75) is 44.9 Å². The predicted octanol–water partition coefficient (Wildman–Crippen LogP) is 3.43. The van der Waals surface area contributed by atoms with Crippen LogP contribution in [0.1, 0.15) is 38.9 Å². The van der Waals surface area contributed by atoms with Crippen LogP contribution in [-0.4, -0.2) is 30.0 Å². The number of hydrogen-bond donors (Lipinski definition) is 1. The largest absolute Gasteiger partial charge is 0.444 e. The van der Waals surface area contributed by atoms with Crippen molar-refractivity contribution in [3.05, 3.63) is 24.1 Å². The number of anilines is 1. The van der Waals surface area contributed by atoms with Crippen LogP contribution in [0, 0.1) is 16.7 Å². The third-order valence-electron chi connectivity index (χ3n) is 5.13. The van der Waals surface area contributed by atoms with Crippen molar-refractivity contribution in [3.63, 3.8) is 0 Å². The van der Waals surface area contributed by atoms with Crippen LogP contribution in [0.15, 0.2) is 22.7 Å². The van der Waals surface area contributed by atoms with Gasteiger partial charge >= 0.3 is 0 Å². The monoisotopic (exact) mass is 327 g/mol. The second kappa shape index (κ2) is 5.47. The molecule has 2 aromatic rings. The van der Waals surface area contributed by atoms with Crippen molar-refractivity contribution in [1.82, 2.24) is 4.98 Å². The third-order valence-corrected chi connectivity index (χ3v) is 5.13. The van der Waals surface area contributed by atoms with Gasteiger partial charge in [0, 0.05) is 30.3 Å². The lowest BCUT2D eigenvalue weighted by molar-refractivity contribution is -0.199. The lowest BCUT2D eigenvalue weighted by Crippen LogP contribution is -2.50. The smallest absolute Gasteiger partial charge is 0.204 e. The van der Waals surface area contributed by atoms with E-state index in [0.29, 0.717) is 24.6 Å². The van der Waals surface area contributed by atoms with Gasteiger partial charge in [0.2, 0.25) is 5.76 Å². The lowest BCUT2D eigenvalue weighted by Gasteiger charge is -2.46. The number of rotatable bonds is 2. The first kappa shape index (κ1) is 15.4. The van der Waals surface area contributed by atoms with Gasteiger partial charge in [-0.3, -0.25) is 0 Å². The van der Waals surface area contributed by atoms with E-state index in [1.807, 2.05) is 12.1 Å². The molecule has 126 valence electrons. The molecule has 6 heteroatoms. The minimum atomic E-state index is -0.398. The number of nitriles is 1. The fourth-order valence-electron chi connectivity index (χ4n) is 3.93. The van der Waals surface area contributed by atoms with Gasteiger partial charge in [-0.15, -0.1) is 0 Å². The van der Waals surface area contributed by atoms with Gasteiger partial charge in [0.1, 0.15) is 11.9 Å². The first-order valence-corrected chi connectivity index (χ1v) is 8.34. The summed E-state index contributed by atoms with van der Waals surface area (Å²) in [6.45, 7) is 5.85. The molecule has 0 radical (unpaired) electrons. The van der Waals surface area contributed by atoms with Crippen LogP contribution in [0.25, 0.3) is 11.0 Å². The standard InChI is InChI=1S/C18H21N3O3/c1-17(2)11-18(22-5-6-23-18)4-3-15(17)21-16-8-12-7-13(9-19)24-14(12)10-20-16/h7-8,10,15H,3-6,11H2,1-2H3,(H,20,21). The molecule has 1 unspecified atom stereocenters. The summed E-state index contributed by atoms with van der Waals surface area (Å²) in [5.74, 6) is 0.709. The molecule has 3 heterocycles. The molecule has 1 N–H and O–H groups in total. The van der Waals surface area contributed by atoms with Crippen molar-refractivity contribution in [3.8, 4) is 6.07 Å². The Hall–Kier alpha value is -2.10. The maximum atomic E-state index is 8.94. The number of nitrogens with zero attached hydrogens (tertiary/aromatic N) is 2. The average molecular weight is 327 g/mol. The summed E-state index contributed by atoms with van der Waals surface area (Å²) in [5.41, 5.74) is 0.652. The Morgan fingerprint density at radius 2 is 2.08 bits per heavy atom. The zero-order valence-electron chi connectivity index (χ0n) is 14.0. The van der Waals surface area contributed by atoms with E-state index in [2.05, 4.69) is 24.1 Å². The van der Waals surface area contributed by atoms with Crippen LogP contribution < -0.4 is 5.32 Å². The first-order chi connectivity index (χ1) is 11.5. The van der Waals surface area contributed by atoms with Crippen molar-refractivity contribution < 1.29 is 13.9 Å². The summed E-state index contributed by atoms with van der Waals surface area (Å²) in [6, 6.07) is 5.97. The highest BCUT2D eigenvalue weighted by atomic mass is 16.7. The topological polar surface area (TPSA) is 80.3 Å². The summed E-state index contributed by atoms with van der Waals surface area (Å²) in [5, 5.41) is 13.4. The Morgan fingerprint density at radius 1 is 1.29 bits per heavy atom. The highest BCUT2D eigenvalue weighted by molar-refractivity contribution is 5.80. The minimum absolute atomic E-state index is 0.0213. The van der Waals surface area contributed by atoms with E-state index >= 15 is 0 Å². The van der Waals surface area contributed by atoms with E-state index in [1.54, 1.807) is 12.3 Å². The third kappa shape index (κ3) is 2.64. The molecule has 1 aliphatic carbocycles. The second-order valence-electron chi connectivity index (χ2n) is 7.34. The summed E-state index contributed by atoms with van der Waals surface area (Å²) in [4.78, 5) is 4.43. The number of ether oxygens (including phenoxy) is 2. The predicted molar refractivity (Wildman–Crippen MR) is 88.4 cm³/mol. The van der Waals surface area contributed by atoms with Gasteiger partial charge < -0.3 is 19.2 Å². The number of nitrogens with one attached hydrogen (secondary N) is 1. The number of pyridine rings is 1. The van der Waals surface area contributed by atoms with E-state index in [-0.39, 0.29) is 11.5 Å². The lowest BCUT2D eigenvalue weighted by atomic mass is 9.70. The summed E-state index contributed by atoms with van der Waals surface area (Å²) >= 11 is 0. The molecule has 1 spiro atoms. The molecule has 0 aromatic carbocycles. The number of fused-ring (bicyclic) bond motifs is 1. The molecule has 6 nitrogen and oxygen atoms in total. The molecule has 1 saturated carbocycles. The van der Waals surface area contributed by atoms with Crippen LogP contribution >= 0.6 is 0 Å². The fourth-order valence-corrected chi connectivity index (χ4v) is 3.93. The van der Waals surface area contributed by atoms with Crippen molar-refractivity contribution in [2.75, 3.05) is 18.5 Å². The van der Waals surface area contributed by atoms with Crippen LogP contribution in [0.5, 0.6) is 0 Å². The molecule has 2 aliphatic rings. The molecule has 0 bridgehead atoms. The number of hydrogen-bond acceptors (Lipinski definition) is 6. The van der Waals surface area contributed by atoms with E-state index in [1.165, 1.54) is 0 Å². The molecule has 4 rings (SSSR count). The highest BCUT2D eigenvalue weighted by Gasteiger charge is 2.48. The Bertz CT molecular complexity index is 799.